The quantitative estimate of drug-likeness (QED) is 0.455. The van der Waals surface area contributed by atoms with Crippen LogP contribution in [0.4, 0.5) is 5.69 Å². The van der Waals surface area contributed by atoms with Crippen LogP contribution in [0.2, 0.25) is 5.02 Å². The van der Waals surface area contributed by atoms with Crippen molar-refractivity contribution in [2.45, 2.75) is 0 Å². The van der Waals surface area contributed by atoms with Crippen molar-refractivity contribution in [1.82, 2.24) is 0 Å². The maximum Gasteiger partial charge on any atom is 0.273 e. The number of hydrogen-bond acceptors (Lipinski definition) is 4. The largest absolute Gasteiger partial charge is 0.455 e. The van der Waals surface area contributed by atoms with Crippen LogP contribution in [0.25, 0.3) is 0 Å². The third kappa shape index (κ3) is 2.97. The van der Waals surface area contributed by atoms with Crippen molar-refractivity contribution >= 4 is 39.5 Å². The first-order chi connectivity index (χ1) is 9.52. The summed E-state index contributed by atoms with van der Waals surface area (Å²) in [5.41, 5.74) is 0.0745. The first-order valence-electron chi connectivity index (χ1n) is 5.38. The Balaban J connectivity index is 2.44. The highest BCUT2D eigenvalue weighted by molar-refractivity contribution is 9.10. The molecule has 0 unspecified atom stereocenters. The molecule has 0 bridgehead atoms. The summed E-state index contributed by atoms with van der Waals surface area (Å²) in [5.74, 6) is 0.457. The fraction of sp³-hybridized carbons (Fsp3) is 0. The number of hydrogen-bond donors (Lipinski definition) is 0. The van der Waals surface area contributed by atoms with Crippen LogP contribution in [-0.2, 0) is 0 Å². The lowest BCUT2D eigenvalue weighted by molar-refractivity contribution is -0.384. The molecule has 0 spiro atoms. The van der Waals surface area contributed by atoms with Gasteiger partial charge < -0.3 is 4.74 Å². The number of halogens is 2. The summed E-state index contributed by atoms with van der Waals surface area (Å²) in [6.45, 7) is 0. The number of ether oxygens (including phenoxy) is 1. The normalized spacial score (nSPS) is 10.1. The molecule has 2 rings (SSSR count). The minimum atomic E-state index is -0.530. The lowest BCUT2D eigenvalue weighted by atomic mass is 10.2. The minimum Gasteiger partial charge on any atom is -0.455 e. The van der Waals surface area contributed by atoms with E-state index < -0.39 is 4.92 Å². The molecule has 5 nitrogen and oxygen atoms in total. The maximum absolute atomic E-state index is 11.0. The summed E-state index contributed by atoms with van der Waals surface area (Å²) in [6, 6.07) is 8.84. The van der Waals surface area contributed by atoms with Crippen molar-refractivity contribution in [2.75, 3.05) is 0 Å². The van der Waals surface area contributed by atoms with Gasteiger partial charge in [0.2, 0.25) is 0 Å². The van der Waals surface area contributed by atoms with Gasteiger partial charge in [-0.25, -0.2) is 0 Å². The Morgan fingerprint density at radius 1 is 1.25 bits per heavy atom. The van der Waals surface area contributed by atoms with E-state index in [-0.39, 0.29) is 27.8 Å². The molecule has 0 aliphatic rings. The van der Waals surface area contributed by atoms with E-state index in [2.05, 4.69) is 15.9 Å². The molecule has 0 radical (unpaired) electrons. The zero-order chi connectivity index (χ0) is 14.7. The molecule has 0 saturated carbocycles. The monoisotopic (exact) mass is 355 g/mol. The maximum atomic E-state index is 11.0. The average molecular weight is 357 g/mol. The molecule has 0 aliphatic heterocycles. The molecule has 0 amide bonds. The van der Waals surface area contributed by atoms with E-state index in [4.69, 9.17) is 16.3 Å². The Labute approximate surface area is 127 Å². The second-order valence-corrected chi connectivity index (χ2v) is 5.00. The van der Waals surface area contributed by atoms with Gasteiger partial charge in [-0.3, -0.25) is 14.9 Å². The molecule has 0 heterocycles. The molecule has 0 aliphatic carbocycles. The Bertz CT molecular complexity index is 690. The number of nitro benzene ring substituents is 1. The van der Waals surface area contributed by atoms with Gasteiger partial charge in [-0.05, 0) is 34.1 Å². The number of carbonyl (C=O) groups is 1. The fourth-order valence-corrected chi connectivity index (χ4v) is 2.06. The summed E-state index contributed by atoms with van der Waals surface area (Å²) in [5, 5.41) is 11.0. The van der Waals surface area contributed by atoms with E-state index in [1.165, 1.54) is 18.2 Å². The number of nitrogens with zero attached hydrogens (tertiary/aromatic N) is 1. The van der Waals surface area contributed by atoms with Gasteiger partial charge in [-0.15, -0.1) is 0 Å². The van der Waals surface area contributed by atoms with Crippen LogP contribution in [0.1, 0.15) is 10.4 Å². The molecule has 102 valence electrons. The van der Waals surface area contributed by atoms with E-state index in [1.54, 1.807) is 18.2 Å². The lowest BCUT2D eigenvalue weighted by Gasteiger charge is -2.10. The fourth-order valence-electron chi connectivity index (χ4n) is 1.52. The van der Waals surface area contributed by atoms with Crippen molar-refractivity contribution in [1.29, 1.82) is 0 Å². The zero-order valence-electron chi connectivity index (χ0n) is 9.88. The number of carbonyl (C=O) groups excluding carboxylic acids is 1. The van der Waals surface area contributed by atoms with Gasteiger partial charge in [-0.1, -0.05) is 17.7 Å². The number of aldehydes is 1. The molecule has 0 N–H and O–H groups in total. The van der Waals surface area contributed by atoms with Gasteiger partial charge in [-0.2, -0.15) is 0 Å². The van der Waals surface area contributed by atoms with Crippen molar-refractivity contribution in [2.24, 2.45) is 0 Å². The SMILES string of the molecule is O=Cc1c(Cl)cccc1Oc1cc([N+](=O)[O-])ccc1Br. The van der Waals surface area contributed by atoms with Gasteiger partial charge in [0.25, 0.3) is 5.69 Å². The topological polar surface area (TPSA) is 69.4 Å². The van der Waals surface area contributed by atoms with E-state index in [1.807, 2.05) is 0 Å². The predicted molar refractivity (Wildman–Crippen MR) is 77.7 cm³/mol. The average Bonchev–Trinajstić information content (AvgIpc) is 2.41. The Morgan fingerprint density at radius 2 is 2.00 bits per heavy atom. The highest BCUT2D eigenvalue weighted by Crippen LogP contribution is 2.35. The Morgan fingerprint density at radius 3 is 2.65 bits per heavy atom. The standard InChI is InChI=1S/C13H7BrClNO4/c14-10-5-4-8(16(18)19)6-13(10)20-12-3-1-2-11(15)9(12)7-17/h1-7H. The molecule has 2 aromatic carbocycles. The molecule has 0 fully saturated rings. The summed E-state index contributed by atoms with van der Waals surface area (Å²) in [7, 11) is 0. The molecule has 20 heavy (non-hydrogen) atoms. The van der Waals surface area contributed by atoms with Crippen molar-refractivity contribution < 1.29 is 14.5 Å². The van der Waals surface area contributed by atoms with Crippen LogP contribution >= 0.6 is 27.5 Å². The van der Waals surface area contributed by atoms with Crippen LogP contribution < -0.4 is 4.74 Å². The van der Waals surface area contributed by atoms with Gasteiger partial charge in [0.05, 0.1) is 26.0 Å². The number of benzene rings is 2. The summed E-state index contributed by atoms with van der Waals surface area (Å²) in [6.07, 6.45) is 0.572. The molecule has 0 saturated heterocycles. The van der Waals surface area contributed by atoms with E-state index >= 15 is 0 Å². The van der Waals surface area contributed by atoms with Crippen molar-refractivity contribution in [3.05, 3.63) is 61.6 Å². The van der Waals surface area contributed by atoms with Crippen LogP contribution in [-0.4, -0.2) is 11.2 Å². The van der Waals surface area contributed by atoms with Gasteiger partial charge in [0, 0.05) is 6.07 Å². The molecule has 0 atom stereocenters. The first kappa shape index (κ1) is 14.5. The molecule has 0 aromatic heterocycles. The van der Waals surface area contributed by atoms with Gasteiger partial charge >= 0.3 is 0 Å². The zero-order valence-corrected chi connectivity index (χ0v) is 12.2. The van der Waals surface area contributed by atoms with Crippen LogP contribution in [0, 0.1) is 10.1 Å². The predicted octanol–water partition coefficient (Wildman–Crippen LogP) is 4.62. The van der Waals surface area contributed by atoms with Crippen LogP contribution in [0.15, 0.2) is 40.9 Å². The Hall–Kier alpha value is -1.92. The van der Waals surface area contributed by atoms with Gasteiger partial charge in [0.15, 0.2) is 6.29 Å². The highest BCUT2D eigenvalue weighted by atomic mass is 79.9. The summed E-state index contributed by atoms with van der Waals surface area (Å²) < 4.78 is 6.06. The first-order valence-corrected chi connectivity index (χ1v) is 6.55. The molecule has 2 aromatic rings. The Kier molecular flexibility index (Phi) is 4.36. The minimum absolute atomic E-state index is 0.113. The van der Waals surface area contributed by atoms with E-state index in [9.17, 15) is 14.9 Å². The molecule has 7 heteroatoms. The van der Waals surface area contributed by atoms with Crippen LogP contribution in [0.5, 0.6) is 11.5 Å². The van der Waals surface area contributed by atoms with E-state index in [0.29, 0.717) is 10.8 Å². The van der Waals surface area contributed by atoms with Crippen molar-refractivity contribution in [3.63, 3.8) is 0 Å². The smallest absolute Gasteiger partial charge is 0.273 e. The summed E-state index contributed by atoms with van der Waals surface area (Å²) >= 11 is 9.12. The number of non-ortho nitro benzene ring substituents is 1. The number of rotatable bonds is 4. The second-order valence-electron chi connectivity index (χ2n) is 3.74. The van der Waals surface area contributed by atoms with Crippen molar-refractivity contribution in [3.8, 4) is 11.5 Å². The molecular weight excluding hydrogens is 350 g/mol. The third-order valence-corrected chi connectivity index (χ3v) is 3.46. The third-order valence-electron chi connectivity index (χ3n) is 2.48. The summed E-state index contributed by atoms with van der Waals surface area (Å²) in [4.78, 5) is 21.2. The second kappa shape index (κ2) is 6.02. The highest BCUT2D eigenvalue weighted by Gasteiger charge is 2.14. The van der Waals surface area contributed by atoms with Gasteiger partial charge in [0.1, 0.15) is 11.5 Å². The number of nitro groups is 1. The molecular formula is C13H7BrClNO4. The van der Waals surface area contributed by atoms with Crippen LogP contribution in [0.3, 0.4) is 0 Å². The van der Waals surface area contributed by atoms with E-state index in [0.717, 1.165) is 0 Å². The lowest BCUT2D eigenvalue weighted by Crippen LogP contribution is -1.94.